The number of nitrogens with zero attached hydrogens (tertiary/aromatic N) is 4. The summed E-state index contributed by atoms with van der Waals surface area (Å²) in [6.07, 6.45) is 3.28. The number of amides is 3. The van der Waals surface area contributed by atoms with Gasteiger partial charge in [0.15, 0.2) is 0 Å². The fourth-order valence-electron chi connectivity index (χ4n) is 5.73. The second-order valence-electron chi connectivity index (χ2n) is 11.4. The van der Waals surface area contributed by atoms with E-state index in [4.69, 9.17) is 9.47 Å². The quantitative estimate of drug-likeness (QED) is 0.322. The van der Waals surface area contributed by atoms with Crippen LogP contribution in [0.25, 0.3) is 11.1 Å². The molecule has 1 aromatic heterocycles. The molecule has 0 saturated carbocycles. The number of methoxy groups -OCH3 is 1. The van der Waals surface area contributed by atoms with Crippen LogP contribution in [0, 0.1) is 0 Å². The van der Waals surface area contributed by atoms with E-state index in [9.17, 15) is 14.4 Å². The van der Waals surface area contributed by atoms with Gasteiger partial charge in [0.25, 0.3) is 5.91 Å². The minimum Gasteiger partial charge on any atom is -0.453 e. The van der Waals surface area contributed by atoms with E-state index in [1.807, 2.05) is 60.7 Å². The van der Waals surface area contributed by atoms with E-state index in [-0.39, 0.29) is 18.1 Å². The van der Waals surface area contributed by atoms with E-state index < -0.39 is 6.09 Å². The van der Waals surface area contributed by atoms with E-state index in [1.54, 1.807) is 17.2 Å². The van der Waals surface area contributed by atoms with Crippen LogP contribution < -0.4 is 10.6 Å². The van der Waals surface area contributed by atoms with Crippen molar-refractivity contribution in [1.82, 2.24) is 25.0 Å². The number of nitrogens with one attached hydrogen (secondary N) is 2. The standard InChI is InChI=1S/C34H42N6O5/c1-44-34(43)40-22-20-39(21-23-40)25-26-12-13-31(36-24-26)32(41)35-16-7-17-38-18-14-28(15-19-38)45-33(42)37-30-11-6-5-10-29(30)27-8-3-2-4-9-27/h2-6,8-13,24,28H,7,14-23,25H2,1H3,(H,35,41)(H,37,42). The Bertz CT molecular complexity index is 1400. The second kappa shape index (κ2) is 16.0. The molecule has 0 unspecified atom stereocenters. The predicted octanol–water partition coefficient (Wildman–Crippen LogP) is 4.47. The lowest BCUT2D eigenvalue weighted by Gasteiger charge is -2.33. The molecule has 0 aliphatic carbocycles. The van der Waals surface area contributed by atoms with Crippen LogP contribution >= 0.6 is 0 Å². The van der Waals surface area contributed by atoms with Crippen LogP contribution in [0.3, 0.4) is 0 Å². The molecule has 3 heterocycles. The maximum absolute atomic E-state index is 12.7. The normalized spacial score (nSPS) is 16.2. The molecular formula is C34H42N6O5. The molecule has 2 aliphatic heterocycles. The van der Waals surface area contributed by atoms with Crippen molar-refractivity contribution in [2.24, 2.45) is 0 Å². The van der Waals surface area contributed by atoms with E-state index in [1.165, 1.54) is 7.11 Å². The zero-order valence-electron chi connectivity index (χ0n) is 25.8. The Morgan fingerprint density at radius 2 is 1.60 bits per heavy atom. The van der Waals surface area contributed by atoms with Crippen LogP contribution in [0.15, 0.2) is 72.9 Å². The van der Waals surface area contributed by atoms with Gasteiger partial charge in [0, 0.05) is 64.1 Å². The Hall–Kier alpha value is -4.48. The molecular weight excluding hydrogens is 572 g/mol. The average molecular weight is 615 g/mol. The number of piperidine rings is 1. The maximum Gasteiger partial charge on any atom is 0.411 e. The molecule has 238 valence electrons. The lowest BCUT2D eigenvalue weighted by atomic mass is 10.0. The highest BCUT2D eigenvalue weighted by Gasteiger charge is 2.23. The van der Waals surface area contributed by atoms with Crippen LogP contribution in [-0.2, 0) is 16.0 Å². The molecule has 2 N–H and O–H groups in total. The molecule has 2 aromatic carbocycles. The average Bonchev–Trinajstić information content (AvgIpc) is 3.08. The molecule has 11 heteroatoms. The van der Waals surface area contributed by atoms with E-state index in [0.717, 1.165) is 80.9 Å². The molecule has 11 nitrogen and oxygen atoms in total. The van der Waals surface area contributed by atoms with Gasteiger partial charge in [-0.05, 0) is 49.1 Å². The van der Waals surface area contributed by atoms with Crippen LogP contribution in [0.1, 0.15) is 35.3 Å². The number of ether oxygens (including phenoxy) is 2. The van der Waals surface area contributed by atoms with Crippen molar-refractivity contribution in [3.05, 3.63) is 84.2 Å². The van der Waals surface area contributed by atoms with Gasteiger partial charge in [-0.2, -0.15) is 0 Å². The van der Waals surface area contributed by atoms with Crippen molar-refractivity contribution in [3.63, 3.8) is 0 Å². The van der Waals surface area contributed by atoms with E-state index in [2.05, 4.69) is 25.4 Å². The molecule has 2 fully saturated rings. The topological polar surface area (TPSA) is 116 Å². The summed E-state index contributed by atoms with van der Waals surface area (Å²) in [5.74, 6) is -0.180. The summed E-state index contributed by atoms with van der Waals surface area (Å²) in [5.41, 5.74) is 4.14. The summed E-state index contributed by atoms with van der Waals surface area (Å²) in [6, 6.07) is 21.4. The minimum absolute atomic E-state index is 0.122. The summed E-state index contributed by atoms with van der Waals surface area (Å²) in [7, 11) is 1.40. The number of rotatable bonds is 10. The van der Waals surface area contributed by atoms with Crippen LogP contribution in [-0.4, -0.2) is 103 Å². The number of para-hydroxylation sites is 1. The van der Waals surface area contributed by atoms with Crippen molar-refractivity contribution < 1.29 is 23.9 Å². The number of likely N-dealkylation sites (tertiary alicyclic amines) is 1. The lowest BCUT2D eigenvalue weighted by molar-refractivity contribution is 0.0587. The maximum atomic E-state index is 12.7. The molecule has 0 bridgehead atoms. The molecule has 5 rings (SSSR count). The molecule has 3 aromatic rings. The minimum atomic E-state index is -0.431. The third-order valence-electron chi connectivity index (χ3n) is 8.26. The largest absolute Gasteiger partial charge is 0.453 e. The van der Waals surface area contributed by atoms with Gasteiger partial charge in [0.1, 0.15) is 11.8 Å². The molecule has 0 spiro atoms. The number of anilines is 1. The Labute approximate surface area is 264 Å². The first kappa shape index (κ1) is 31.9. The summed E-state index contributed by atoms with van der Waals surface area (Å²) in [4.78, 5) is 47.6. The van der Waals surface area contributed by atoms with Crippen molar-refractivity contribution in [2.45, 2.75) is 31.9 Å². The van der Waals surface area contributed by atoms with E-state index >= 15 is 0 Å². The van der Waals surface area contributed by atoms with Gasteiger partial charge in [-0.15, -0.1) is 0 Å². The van der Waals surface area contributed by atoms with Crippen LogP contribution in [0.5, 0.6) is 0 Å². The molecule has 0 radical (unpaired) electrons. The van der Waals surface area contributed by atoms with Gasteiger partial charge in [-0.3, -0.25) is 20.0 Å². The molecule has 2 aliphatic rings. The van der Waals surface area contributed by atoms with Gasteiger partial charge in [0.2, 0.25) is 0 Å². The highest BCUT2D eigenvalue weighted by atomic mass is 16.6. The van der Waals surface area contributed by atoms with Crippen LogP contribution in [0.2, 0.25) is 0 Å². The number of benzene rings is 2. The molecule has 2 saturated heterocycles. The number of pyridine rings is 1. The highest BCUT2D eigenvalue weighted by Crippen LogP contribution is 2.28. The van der Waals surface area contributed by atoms with E-state index in [0.29, 0.717) is 25.3 Å². The Morgan fingerprint density at radius 1 is 0.867 bits per heavy atom. The van der Waals surface area contributed by atoms with Crippen molar-refractivity contribution in [2.75, 3.05) is 64.8 Å². The number of carbonyl (C=O) groups excluding carboxylic acids is 3. The highest BCUT2D eigenvalue weighted by molar-refractivity contribution is 5.92. The third kappa shape index (κ3) is 9.26. The van der Waals surface area contributed by atoms with Gasteiger partial charge < -0.3 is 24.6 Å². The first-order valence-corrected chi connectivity index (χ1v) is 15.6. The Balaban J connectivity index is 0.957. The smallest absolute Gasteiger partial charge is 0.411 e. The summed E-state index contributed by atoms with van der Waals surface area (Å²) in [6.45, 7) is 6.62. The Morgan fingerprint density at radius 3 is 2.31 bits per heavy atom. The zero-order valence-corrected chi connectivity index (χ0v) is 25.8. The second-order valence-corrected chi connectivity index (χ2v) is 11.4. The fourth-order valence-corrected chi connectivity index (χ4v) is 5.73. The molecule has 3 amide bonds. The molecule has 45 heavy (non-hydrogen) atoms. The number of carbonyl (C=O) groups is 3. The summed E-state index contributed by atoms with van der Waals surface area (Å²) < 4.78 is 10.5. The van der Waals surface area contributed by atoms with Crippen molar-refractivity contribution in [1.29, 1.82) is 0 Å². The Kier molecular flexibility index (Phi) is 11.4. The summed E-state index contributed by atoms with van der Waals surface area (Å²) >= 11 is 0. The molecule has 0 atom stereocenters. The first-order chi connectivity index (χ1) is 22.0. The van der Waals surface area contributed by atoms with Crippen molar-refractivity contribution >= 4 is 23.8 Å². The van der Waals surface area contributed by atoms with Gasteiger partial charge in [0.05, 0.1) is 12.8 Å². The SMILES string of the molecule is COC(=O)N1CCN(Cc2ccc(C(=O)NCCCN3CCC(OC(=O)Nc4ccccc4-c4ccccc4)CC3)nc2)CC1. The first-order valence-electron chi connectivity index (χ1n) is 15.6. The number of hydrogen-bond acceptors (Lipinski definition) is 8. The van der Waals surface area contributed by atoms with Crippen LogP contribution in [0.4, 0.5) is 15.3 Å². The third-order valence-corrected chi connectivity index (χ3v) is 8.26. The van der Waals surface area contributed by atoms with Gasteiger partial charge >= 0.3 is 12.2 Å². The van der Waals surface area contributed by atoms with Gasteiger partial charge in [-0.1, -0.05) is 54.6 Å². The monoisotopic (exact) mass is 614 g/mol. The zero-order chi connectivity index (χ0) is 31.4. The van der Waals surface area contributed by atoms with Crippen molar-refractivity contribution in [3.8, 4) is 11.1 Å². The lowest BCUT2D eigenvalue weighted by Crippen LogP contribution is -2.48. The van der Waals surface area contributed by atoms with Gasteiger partial charge in [-0.25, -0.2) is 9.59 Å². The predicted molar refractivity (Wildman–Crippen MR) is 172 cm³/mol. The summed E-state index contributed by atoms with van der Waals surface area (Å²) in [5, 5.41) is 5.89. The number of piperazine rings is 1. The fraction of sp³-hybridized carbons (Fsp3) is 0.412. The number of hydrogen-bond donors (Lipinski definition) is 2. The number of aromatic nitrogens is 1.